The number of likely N-dealkylation sites (N-methyl/N-ethyl adjacent to an activating group) is 1. The van der Waals surface area contributed by atoms with Crippen LogP contribution in [0.1, 0.15) is 11.1 Å². The van der Waals surface area contributed by atoms with Crippen LogP contribution in [0.2, 0.25) is 5.02 Å². The summed E-state index contributed by atoms with van der Waals surface area (Å²) >= 11 is 6.27. The number of aromatic nitrogens is 1. The SMILES string of the molecule is CN=C(NCc1ccc(N2CCN(C)CC2)nc1)N(C)Cc1ccccc1Cl.I. The molecule has 0 radical (unpaired) electrons. The molecule has 0 unspecified atom stereocenters. The third kappa shape index (κ3) is 6.72. The molecule has 158 valence electrons. The average Bonchev–Trinajstić information content (AvgIpc) is 2.71. The molecule has 8 heteroatoms. The Labute approximate surface area is 196 Å². The Morgan fingerprint density at radius 3 is 2.52 bits per heavy atom. The minimum Gasteiger partial charge on any atom is -0.354 e. The average molecular weight is 529 g/mol. The van der Waals surface area contributed by atoms with Crippen LogP contribution in [0.3, 0.4) is 0 Å². The van der Waals surface area contributed by atoms with Crippen LogP contribution in [0.25, 0.3) is 0 Å². The molecule has 0 atom stereocenters. The van der Waals surface area contributed by atoms with E-state index in [1.165, 1.54) is 0 Å². The fraction of sp³-hybridized carbons (Fsp3) is 0.429. The van der Waals surface area contributed by atoms with Crippen molar-refractivity contribution in [2.24, 2.45) is 4.99 Å². The lowest BCUT2D eigenvalue weighted by Gasteiger charge is -2.33. The zero-order chi connectivity index (χ0) is 19.9. The second-order valence-electron chi connectivity index (χ2n) is 7.16. The predicted octanol–water partition coefficient (Wildman–Crippen LogP) is 3.31. The molecule has 1 N–H and O–H groups in total. The van der Waals surface area contributed by atoms with E-state index >= 15 is 0 Å². The van der Waals surface area contributed by atoms with Gasteiger partial charge in [-0.25, -0.2) is 4.98 Å². The van der Waals surface area contributed by atoms with Gasteiger partial charge in [-0.2, -0.15) is 0 Å². The van der Waals surface area contributed by atoms with E-state index in [2.05, 4.69) is 49.2 Å². The number of nitrogens with one attached hydrogen (secondary N) is 1. The molecule has 1 fully saturated rings. The van der Waals surface area contributed by atoms with Crippen molar-refractivity contribution in [2.75, 3.05) is 52.2 Å². The molecule has 1 aliphatic heterocycles. The fourth-order valence-electron chi connectivity index (χ4n) is 3.27. The van der Waals surface area contributed by atoms with E-state index in [0.717, 1.165) is 54.1 Å². The highest BCUT2D eigenvalue weighted by Crippen LogP contribution is 2.17. The number of nitrogens with zero attached hydrogens (tertiary/aromatic N) is 5. The van der Waals surface area contributed by atoms with Crippen LogP contribution in [0, 0.1) is 0 Å². The minimum atomic E-state index is 0. The first-order valence-corrected chi connectivity index (χ1v) is 9.98. The van der Waals surface area contributed by atoms with Gasteiger partial charge in [-0.1, -0.05) is 35.9 Å². The van der Waals surface area contributed by atoms with Crippen LogP contribution in [0.15, 0.2) is 47.6 Å². The highest BCUT2D eigenvalue weighted by molar-refractivity contribution is 14.0. The molecule has 2 heterocycles. The van der Waals surface area contributed by atoms with Gasteiger partial charge >= 0.3 is 0 Å². The molecule has 1 saturated heterocycles. The monoisotopic (exact) mass is 528 g/mol. The van der Waals surface area contributed by atoms with E-state index in [4.69, 9.17) is 11.6 Å². The van der Waals surface area contributed by atoms with Gasteiger partial charge in [-0.15, -0.1) is 24.0 Å². The quantitative estimate of drug-likeness (QED) is 0.367. The van der Waals surface area contributed by atoms with E-state index in [1.807, 2.05) is 37.5 Å². The zero-order valence-corrected chi connectivity index (χ0v) is 20.4. The Bertz CT molecular complexity index is 790. The van der Waals surface area contributed by atoms with E-state index in [0.29, 0.717) is 13.1 Å². The first kappa shape index (κ1) is 23.7. The number of anilines is 1. The molecule has 0 amide bonds. The van der Waals surface area contributed by atoms with Crippen LogP contribution in [0.5, 0.6) is 0 Å². The Balaban J connectivity index is 0.00000300. The molecule has 3 rings (SSSR count). The van der Waals surface area contributed by atoms with Gasteiger partial charge in [0.15, 0.2) is 5.96 Å². The minimum absolute atomic E-state index is 0. The van der Waals surface area contributed by atoms with Gasteiger partial charge in [0.25, 0.3) is 0 Å². The van der Waals surface area contributed by atoms with E-state index < -0.39 is 0 Å². The summed E-state index contributed by atoms with van der Waals surface area (Å²) in [6.45, 7) is 5.59. The Kier molecular flexibility index (Phi) is 9.45. The molecule has 1 aliphatic rings. The van der Waals surface area contributed by atoms with Gasteiger partial charge in [0.2, 0.25) is 0 Å². The van der Waals surface area contributed by atoms with Crippen LogP contribution < -0.4 is 10.2 Å². The number of rotatable bonds is 5. The number of aliphatic imine (C=N–C) groups is 1. The summed E-state index contributed by atoms with van der Waals surface area (Å²) in [5.41, 5.74) is 2.21. The summed E-state index contributed by atoms with van der Waals surface area (Å²) in [5, 5.41) is 4.17. The number of hydrogen-bond donors (Lipinski definition) is 1. The van der Waals surface area contributed by atoms with Crippen molar-refractivity contribution >= 4 is 47.4 Å². The van der Waals surface area contributed by atoms with Crippen LogP contribution in [-0.4, -0.2) is 68.1 Å². The molecular weight excluding hydrogens is 499 g/mol. The van der Waals surface area contributed by atoms with Crippen molar-refractivity contribution in [3.05, 3.63) is 58.7 Å². The molecule has 29 heavy (non-hydrogen) atoms. The largest absolute Gasteiger partial charge is 0.354 e. The summed E-state index contributed by atoms with van der Waals surface area (Å²) in [7, 11) is 5.96. The fourth-order valence-corrected chi connectivity index (χ4v) is 3.46. The van der Waals surface area contributed by atoms with Crippen molar-refractivity contribution in [2.45, 2.75) is 13.1 Å². The second-order valence-corrected chi connectivity index (χ2v) is 7.57. The third-order valence-corrected chi connectivity index (χ3v) is 5.39. The van der Waals surface area contributed by atoms with E-state index in [9.17, 15) is 0 Å². The topological polar surface area (TPSA) is 47.0 Å². The van der Waals surface area contributed by atoms with Gasteiger partial charge in [0, 0.05) is 64.6 Å². The summed E-state index contributed by atoms with van der Waals surface area (Å²) < 4.78 is 0. The number of guanidine groups is 1. The summed E-state index contributed by atoms with van der Waals surface area (Å²) in [6.07, 6.45) is 1.95. The molecule has 6 nitrogen and oxygen atoms in total. The van der Waals surface area contributed by atoms with Crippen molar-refractivity contribution in [1.29, 1.82) is 0 Å². The number of hydrogen-bond acceptors (Lipinski definition) is 4. The number of benzene rings is 1. The summed E-state index contributed by atoms with van der Waals surface area (Å²) in [6, 6.07) is 12.1. The number of piperazine rings is 1. The lowest BCUT2D eigenvalue weighted by molar-refractivity contribution is 0.312. The summed E-state index contributed by atoms with van der Waals surface area (Å²) in [5.74, 6) is 1.88. The van der Waals surface area contributed by atoms with Gasteiger partial charge in [0.1, 0.15) is 5.82 Å². The van der Waals surface area contributed by atoms with E-state index in [-0.39, 0.29) is 24.0 Å². The molecular formula is C21H30ClIN6. The second kappa shape index (κ2) is 11.6. The van der Waals surface area contributed by atoms with Gasteiger partial charge in [-0.05, 0) is 30.3 Å². The molecule has 1 aromatic carbocycles. The first-order chi connectivity index (χ1) is 13.6. The standard InChI is InChI=1S/C21H29ClN6.HI/c1-23-21(27(3)16-18-6-4-5-7-19(18)22)25-15-17-8-9-20(24-14-17)28-12-10-26(2)11-13-28;/h4-9,14H,10-13,15-16H2,1-3H3,(H,23,25);1H. The third-order valence-electron chi connectivity index (χ3n) is 5.03. The zero-order valence-electron chi connectivity index (χ0n) is 17.3. The Morgan fingerprint density at radius 1 is 1.17 bits per heavy atom. The maximum atomic E-state index is 6.27. The normalized spacial score (nSPS) is 15.0. The van der Waals surface area contributed by atoms with Crippen molar-refractivity contribution < 1.29 is 0 Å². The van der Waals surface area contributed by atoms with Crippen LogP contribution >= 0.6 is 35.6 Å². The maximum absolute atomic E-state index is 6.27. The smallest absolute Gasteiger partial charge is 0.193 e. The van der Waals surface area contributed by atoms with Crippen LogP contribution in [0.4, 0.5) is 5.82 Å². The molecule has 1 aromatic heterocycles. The van der Waals surface area contributed by atoms with E-state index in [1.54, 1.807) is 7.05 Å². The first-order valence-electron chi connectivity index (χ1n) is 9.60. The molecule has 2 aromatic rings. The number of pyridine rings is 1. The predicted molar refractivity (Wildman–Crippen MR) is 132 cm³/mol. The Hall–Kier alpha value is -1.58. The lowest BCUT2D eigenvalue weighted by Crippen LogP contribution is -2.44. The van der Waals surface area contributed by atoms with Gasteiger partial charge < -0.3 is 20.0 Å². The van der Waals surface area contributed by atoms with Gasteiger partial charge in [-0.3, -0.25) is 4.99 Å². The summed E-state index contributed by atoms with van der Waals surface area (Å²) in [4.78, 5) is 15.8. The lowest BCUT2D eigenvalue weighted by atomic mass is 10.2. The highest BCUT2D eigenvalue weighted by atomic mass is 127. The van der Waals surface area contributed by atoms with Crippen molar-refractivity contribution in [3.63, 3.8) is 0 Å². The van der Waals surface area contributed by atoms with Crippen LogP contribution in [-0.2, 0) is 13.1 Å². The number of halogens is 2. The Morgan fingerprint density at radius 2 is 1.90 bits per heavy atom. The van der Waals surface area contributed by atoms with Gasteiger partial charge in [0.05, 0.1) is 0 Å². The molecule has 0 saturated carbocycles. The molecule has 0 aliphatic carbocycles. The molecule has 0 bridgehead atoms. The van der Waals surface area contributed by atoms with Crippen molar-refractivity contribution in [3.8, 4) is 0 Å². The maximum Gasteiger partial charge on any atom is 0.193 e. The molecule has 0 spiro atoms. The van der Waals surface area contributed by atoms with Crippen molar-refractivity contribution in [1.82, 2.24) is 20.1 Å². The highest BCUT2D eigenvalue weighted by Gasteiger charge is 2.15.